The van der Waals surface area contributed by atoms with Crippen LogP contribution in [0.3, 0.4) is 0 Å². The number of aliphatic hydroxyl groups is 1. The number of anilines is 3. The highest BCUT2D eigenvalue weighted by Gasteiger charge is 2.62. The Balaban J connectivity index is 0.000000507. The van der Waals surface area contributed by atoms with Crippen molar-refractivity contribution in [3.63, 3.8) is 0 Å². The second-order valence-electron chi connectivity index (χ2n) is 30.8. The van der Waals surface area contributed by atoms with Crippen LogP contribution >= 0.6 is 52.0 Å². The summed E-state index contributed by atoms with van der Waals surface area (Å²) in [5, 5.41) is 12.0. The van der Waals surface area contributed by atoms with Crippen molar-refractivity contribution in [1.82, 2.24) is 58.6 Å². The molecule has 0 spiro atoms. The van der Waals surface area contributed by atoms with Gasteiger partial charge in [-0.1, -0.05) is 201 Å². The lowest BCUT2D eigenvalue weighted by atomic mass is 9.89. The first-order valence-corrected chi connectivity index (χ1v) is 52.0. The predicted octanol–water partition coefficient (Wildman–Crippen LogP) is 14.6. The third kappa shape index (κ3) is 30.3. The minimum Gasteiger partial charge on any atom is -0.465 e. The van der Waals surface area contributed by atoms with Gasteiger partial charge in [-0.05, 0) is 54.9 Å². The molecule has 45 heteroatoms. The van der Waals surface area contributed by atoms with Gasteiger partial charge in [0.25, 0.3) is 0 Å². The van der Waals surface area contributed by atoms with Crippen molar-refractivity contribution in [2.75, 3.05) is 76.0 Å². The molecule has 6 aromatic heterocycles. The number of hydrogen-bond donors (Lipinski definition) is 8. The fourth-order valence-electron chi connectivity index (χ4n) is 15.4. The van der Waals surface area contributed by atoms with Crippen LogP contribution in [0.1, 0.15) is 264 Å². The maximum Gasteiger partial charge on any atom is 0.472 e. The van der Waals surface area contributed by atoms with Crippen LogP contribution in [0.4, 0.5) is 17.5 Å². The van der Waals surface area contributed by atoms with Gasteiger partial charge in [0, 0.05) is 45.2 Å². The third-order valence-electron chi connectivity index (χ3n) is 21.8. The number of rotatable bonds is 58. The maximum absolute atomic E-state index is 14.5. The van der Waals surface area contributed by atoms with Crippen LogP contribution in [-0.4, -0.2) is 208 Å². The molecule has 4 saturated heterocycles. The molecule has 4 aliphatic rings. The number of nitrogens with two attached hydrogens (primary N) is 3. The van der Waals surface area contributed by atoms with Crippen molar-refractivity contribution >= 4 is 115 Å². The van der Waals surface area contributed by atoms with Crippen LogP contribution in [0.2, 0.25) is 0 Å². The summed E-state index contributed by atoms with van der Waals surface area (Å²) in [5.41, 5.74) is 17.5. The molecule has 0 aliphatic carbocycles. The zero-order valence-corrected chi connectivity index (χ0v) is 75.4. The second kappa shape index (κ2) is 50.5. The molecular weight excluding hydrogens is 1690 g/mol. The number of aromatic nitrogens is 12. The molecule has 39 nitrogen and oxygen atoms in total. The van der Waals surface area contributed by atoms with Crippen LogP contribution in [0.15, 0.2) is 38.0 Å². The van der Waals surface area contributed by atoms with Gasteiger partial charge < -0.3 is 79.6 Å². The molecule has 121 heavy (non-hydrogen) atoms. The number of phosphoric ester groups is 2. The van der Waals surface area contributed by atoms with E-state index >= 15 is 0 Å². The number of imidazole rings is 3. The van der Waals surface area contributed by atoms with E-state index in [2.05, 4.69) is 63.2 Å². The van der Waals surface area contributed by atoms with Gasteiger partial charge in [0.05, 0.1) is 38.3 Å². The van der Waals surface area contributed by atoms with E-state index in [-0.39, 0.29) is 101 Å². The number of nitrogen functional groups attached to an aromatic ring is 3. The van der Waals surface area contributed by atoms with E-state index in [9.17, 15) is 52.5 Å². The second-order valence-corrected chi connectivity index (χ2v) is 41.7. The molecule has 10 heterocycles. The SMILES string of the molecule is CCCCCCCCCCCCCCCCCC(=O)OCCSP(=O)(O)OC.CCCCCCCCCCCCCCCCCC(=O)OCCSP(=O)(O)O[C@H]1C2OCCC[C@]2(COP(=O)(O)O[C@H]2C(O)[C@@H](COP(=O)(O)O[C@H]3C(OC)[C@@H](CC)O[C@H]3n3cnc4c(N)ncnc43)O[C@H]2n2cnc3c(N)ncnc32)O[C@H]1n1cnc2c(N)ncnc21. The Morgan fingerprint density at radius 3 is 1.32 bits per heavy atom. The lowest BCUT2D eigenvalue weighted by molar-refractivity contribution is -0.165. The summed E-state index contributed by atoms with van der Waals surface area (Å²) in [6, 6.07) is 0. The van der Waals surface area contributed by atoms with E-state index in [4.69, 9.17) is 73.0 Å². The van der Waals surface area contributed by atoms with Crippen LogP contribution < -0.4 is 17.2 Å². The summed E-state index contributed by atoms with van der Waals surface area (Å²) in [5.74, 6) is -0.443. The van der Waals surface area contributed by atoms with E-state index in [0.29, 0.717) is 37.1 Å². The number of methoxy groups -OCH3 is 1. The van der Waals surface area contributed by atoms with Gasteiger partial charge >= 0.3 is 41.2 Å². The van der Waals surface area contributed by atoms with E-state index < -0.39 is 122 Å². The Bertz CT molecular complexity index is 4320. The summed E-state index contributed by atoms with van der Waals surface area (Å²) in [7, 11) is -8.09. The van der Waals surface area contributed by atoms with Crippen LogP contribution in [0.5, 0.6) is 0 Å². The van der Waals surface area contributed by atoms with Gasteiger partial charge in [0.2, 0.25) is 0 Å². The Morgan fingerprint density at radius 1 is 0.496 bits per heavy atom. The Kier molecular flexibility index (Phi) is 41.6. The highest BCUT2D eigenvalue weighted by molar-refractivity contribution is 8.55. The fourth-order valence-corrected chi connectivity index (χ4v) is 21.4. The number of carbonyl (C=O) groups is 2. The van der Waals surface area contributed by atoms with E-state index in [1.54, 1.807) is 0 Å². The van der Waals surface area contributed by atoms with E-state index in [1.807, 2.05) is 6.92 Å². The molecule has 6 aromatic rings. The Labute approximate surface area is 715 Å². The molecule has 11 N–H and O–H groups in total. The number of fused-ring (bicyclic) bond motifs is 4. The van der Waals surface area contributed by atoms with Gasteiger partial charge in [0.15, 0.2) is 53.1 Å². The number of esters is 2. The zero-order valence-electron chi connectivity index (χ0n) is 70.2. The Hall–Kier alpha value is -5.03. The van der Waals surface area contributed by atoms with Gasteiger partial charge in [-0.2, -0.15) is 0 Å². The topological polar surface area (TPSA) is 532 Å². The van der Waals surface area contributed by atoms with Crippen molar-refractivity contribution in [2.45, 2.75) is 319 Å². The molecular formula is C76H127N15O24P4S2. The quantitative estimate of drug-likeness (QED) is 0.00998. The number of aliphatic hydroxyl groups excluding tert-OH is 1. The zero-order chi connectivity index (χ0) is 86.8. The van der Waals surface area contributed by atoms with Gasteiger partial charge in [0.1, 0.15) is 97.1 Å². The molecule has 4 aliphatic heterocycles. The highest BCUT2D eigenvalue weighted by atomic mass is 32.7. The minimum absolute atomic E-state index is 0.0151. The molecule has 0 bridgehead atoms. The van der Waals surface area contributed by atoms with Gasteiger partial charge in [-0.25, -0.2) is 63.1 Å². The normalized spacial score (nSPS) is 24.3. The Morgan fingerprint density at radius 2 is 0.893 bits per heavy atom. The molecule has 10 rings (SSSR count). The number of carbonyl (C=O) groups excluding carboxylic acids is 2. The molecule has 0 radical (unpaired) electrons. The van der Waals surface area contributed by atoms with Crippen molar-refractivity contribution in [1.29, 1.82) is 0 Å². The average Bonchev–Trinajstić information content (AvgIpc) is 1.57. The number of ether oxygens (including phenoxy) is 7. The van der Waals surface area contributed by atoms with Crippen LogP contribution in [0.25, 0.3) is 33.5 Å². The van der Waals surface area contributed by atoms with Crippen LogP contribution in [0, 0.1) is 0 Å². The summed E-state index contributed by atoms with van der Waals surface area (Å²) in [6.45, 7) is -3.56. The smallest absolute Gasteiger partial charge is 0.465 e. The van der Waals surface area contributed by atoms with Gasteiger partial charge in [-0.15, -0.1) is 0 Å². The largest absolute Gasteiger partial charge is 0.472 e. The minimum atomic E-state index is -5.45. The fraction of sp³-hybridized carbons (Fsp3) is 0.776. The van der Waals surface area contributed by atoms with Crippen molar-refractivity contribution < 1.29 is 113 Å². The summed E-state index contributed by atoms with van der Waals surface area (Å²) in [4.78, 5) is 106. The first-order chi connectivity index (χ1) is 58.3. The summed E-state index contributed by atoms with van der Waals surface area (Å²) < 4.78 is 133. The lowest BCUT2D eigenvalue weighted by Gasteiger charge is -2.38. The van der Waals surface area contributed by atoms with E-state index in [0.717, 1.165) is 49.8 Å². The monoisotopic (exact) mass is 1820 g/mol. The summed E-state index contributed by atoms with van der Waals surface area (Å²) in [6.07, 6.45) is 31.0. The van der Waals surface area contributed by atoms with E-state index in [1.165, 1.54) is 214 Å². The lowest BCUT2D eigenvalue weighted by Crippen LogP contribution is -2.51. The molecule has 0 amide bonds. The standard InChI is InChI=1S/C55H84N15O19P3S.C21H43O5PS/c1-4-6-7-8-9-10-11-12-13-14-15-16-17-18-19-21-36(71)80-24-25-93-92(77,78)89-44-45-55(22-20-23-81-45,86-54(44)70-33-67-39-48(58)61-30-64-51(39)70)27-83-91(75,76)87-42-40(72)35(85-52(42)68-31-65-37-46(56)59-28-62-49(37)68)26-82-90(73,74)88-43-41(79-3)34(5-2)84-53(43)69-32-66-38-47(57)60-29-63-50(38)69;1-3-4-5-6-7-8-9-10-11-12-13-14-15-16-17-18-21(22)26-19-20-28-27(23,24)25-2/h28-35,40-45,52-54,72H,4-27H2,1-3H3,(H,73,74)(H,75,76)(H,77,78)(H2,56,59,62)(H2,57,60,63)(H2,58,61,64);3-20H2,1-2H3,(H,23,24)/t34-,35-,40?,41?,42+,43+,44+,45?,52-,53-,54-,55-;/m1./s1. The average molecular weight is 1820 g/mol. The van der Waals surface area contributed by atoms with Crippen molar-refractivity contribution in [2.24, 2.45) is 0 Å². The molecule has 0 saturated carbocycles. The van der Waals surface area contributed by atoms with Crippen LogP contribution in [-0.2, 0) is 88.1 Å². The maximum atomic E-state index is 14.5. The number of phosphoric acid groups is 2. The number of nitrogens with zero attached hydrogens (tertiary/aromatic N) is 12. The van der Waals surface area contributed by atoms with Crippen molar-refractivity contribution in [3.8, 4) is 0 Å². The van der Waals surface area contributed by atoms with Crippen molar-refractivity contribution in [3.05, 3.63) is 38.0 Å². The molecule has 16 atom stereocenters. The molecule has 7 unspecified atom stereocenters. The number of hydrogen-bond acceptors (Lipinski definition) is 34. The molecule has 4 fully saturated rings. The predicted molar refractivity (Wildman–Crippen MR) is 455 cm³/mol. The molecule has 0 aromatic carbocycles. The first kappa shape index (κ1) is 99.7. The number of unbranched alkanes of at least 4 members (excludes halogenated alkanes) is 28. The summed E-state index contributed by atoms with van der Waals surface area (Å²) >= 11 is 1.30. The third-order valence-corrected chi connectivity index (χ3v) is 29.8. The first-order valence-electron chi connectivity index (χ1n) is 42.7. The molecule has 682 valence electrons. The van der Waals surface area contributed by atoms with Gasteiger partial charge in [-0.3, -0.25) is 45.9 Å². The highest BCUT2D eigenvalue weighted by Crippen LogP contribution is 2.62.